The molecule has 0 spiro atoms. The van der Waals surface area contributed by atoms with Gasteiger partial charge in [-0.15, -0.1) is 0 Å². The van der Waals surface area contributed by atoms with Crippen molar-refractivity contribution in [2.24, 2.45) is 0 Å². The van der Waals surface area contributed by atoms with Gasteiger partial charge in [0.15, 0.2) is 0 Å². The Morgan fingerprint density at radius 2 is 1.48 bits per heavy atom. The minimum atomic E-state index is -1.10. The van der Waals surface area contributed by atoms with E-state index in [0.29, 0.717) is 18.4 Å². The molecule has 0 saturated carbocycles. The largest absolute Gasteiger partial charge is 0.478 e. The average molecular weight is 410 g/mol. The average Bonchev–Trinajstić information content (AvgIpc) is 2.79. The highest BCUT2D eigenvalue weighted by Crippen LogP contribution is 2.26. The van der Waals surface area contributed by atoms with E-state index >= 15 is 0 Å². The second kappa shape index (κ2) is 7.55. The summed E-state index contributed by atoms with van der Waals surface area (Å²) in [4.78, 5) is 23.7. The summed E-state index contributed by atoms with van der Waals surface area (Å²) in [5, 5.41) is 24.2. The van der Waals surface area contributed by atoms with Gasteiger partial charge in [0.05, 0.1) is 11.1 Å². The van der Waals surface area contributed by atoms with Crippen LogP contribution in [0.3, 0.4) is 0 Å². The van der Waals surface area contributed by atoms with Crippen molar-refractivity contribution in [3.63, 3.8) is 0 Å². The third-order valence-electron chi connectivity index (χ3n) is 6.48. The molecule has 0 unspecified atom stereocenters. The van der Waals surface area contributed by atoms with Crippen LogP contribution in [0.15, 0.2) is 54.6 Å². The number of carbonyl (C=O) groups is 2. The molecule has 0 fully saturated rings. The van der Waals surface area contributed by atoms with Crippen molar-refractivity contribution < 1.29 is 19.8 Å². The Morgan fingerprint density at radius 3 is 2.19 bits per heavy atom. The topological polar surface area (TPSA) is 74.6 Å². The highest BCUT2D eigenvalue weighted by Gasteiger charge is 2.22. The molecule has 2 N–H and O–H groups in total. The molecule has 0 aliphatic heterocycles. The molecule has 0 aromatic heterocycles. The molecule has 0 bridgehead atoms. The summed E-state index contributed by atoms with van der Waals surface area (Å²) in [7, 11) is 0. The summed E-state index contributed by atoms with van der Waals surface area (Å²) in [6.45, 7) is 0. The summed E-state index contributed by atoms with van der Waals surface area (Å²) in [6.07, 6.45) is 6.56. The van der Waals surface area contributed by atoms with Crippen LogP contribution in [0.2, 0.25) is 0 Å². The van der Waals surface area contributed by atoms with E-state index in [9.17, 15) is 19.8 Å². The normalized spacial score (nSPS) is 14.1. The van der Waals surface area contributed by atoms with E-state index in [1.54, 1.807) is 0 Å². The molecule has 0 atom stereocenters. The van der Waals surface area contributed by atoms with Crippen LogP contribution in [0.4, 0.5) is 0 Å². The van der Waals surface area contributed by atoms with Crippen molar-refractivity contribution in [3.8, 4) is 0 Å². The Labute approximate surface area is 179 Å². The standard InChI is InChI=1S/C27H22O4/c28-26(29)22-10-5-11-23(27(30)31)25(22)15-17-14-24-18-7-2-1-6-16(18)12-13-21(24)20-9-4-3-8-19(17)20/h3-6,8-13H,1-2,7,14-15H2,(H,28,29)(H,30,31). The van der Waals surface area contributed by atoms with Crippen molar-refractivity contribution in [2.75, 3.05) is 0 Å². The first-order chi connectivity index (χ1) is 15.0. The number of benzene rings is 3. The Bertz CT molecular complexity index is 1430. The van der Waals surface area contributed by atoms with Gasteiger partial charge in [-0.25, -0.2) is 9.59 Å². The molecule has 4 nitrogen and oxygen atoms in total. The van der Waals surface area contributed by atoms with Crippen LogP contribution in [0.1, 0.15) is 50.2 Å². The number of carboxylic acids is 2. The van der Waals surface area contributed by atoms with Crippen molar-refractivity contribution >= 4 is 23.6 Å². The first-order valence-corrected chi connectivity index (χ1v) is 10.6. The molecule has 0 radical (unpaired) electrons. The van der Waals surface area contributed by atoms with Crippen molar-refractivity contribution in [1.82, 2.24) is 0 Å². The molecular weight excluding hydrogens is 388 g/mol. The second-order valence-corrected chi connectivity index (χ2v) is 8.20. The van der Waals surface area contributed by atoms with Crippen LogP contribution >= 0.6 is 0 Å². The van der Waals surface area contributed by atoms with Gasteiger partial charge in [0.1, 0.15) is 0 Å². The Hall–Kier alpha value is -3.66. The quantitative estimate of drug-likeness (QED) is 0.691. The van der Waals surface area contributed by atoms with E-state index in [2.05, 4.69) is 30.3 Å². The van der Waals surface area contributed by atoms with Gasteiger partial charge >= 0.3 is 11.9 Å². The Kier molecular flexibility index (Phi) is 4.70. The smallest absolute Gasteiger partial charge is 0.335 e. The first-order valence-electron chi connectivity index (χ1n) is 10.6. The van der Waals surface area contributed by atoms with Crippen LogP contribution in [0.25, 0.3) is 11.6 Å². The first kappa shape index (κ1) is 19.3. The van der Waals surface area contributed by atoms with E-state index in [1.165, 1.54) is 39.8 Å². The molecular formula is C27H22O4. The Balaban J connectivity index is 1.79. The third kappa shape index (κ3) is 3.25. The molecule has 5 rings (SSSR count). The van der Waals surface area contributed by atoms with Crippen LogP contribution in [-0.4, -0.2) is 22.2 Å². The maximum atomic E-state index is 11.9. The summed E-state index contributed by atoms with van der Waals surface area (Å²) >= 11 is 0. The van der Waals surface area contributed by atoms with Crippen molar-refractivity contribution in [3.05, 3.63) is 103 Å². The highest BCUT2D eigenvalue weighted by atomic mass is 16.4. The lowest BCUT2D eigenvalue weighted by Gasteiger charge is -2.21. The second-order valence-electron chi connectivity index (χ2n) is 8.20. The predicted molar refractivity (Wildman–Crippen MR) is 118 cm³/mol. The van der Waals surface area contributed by atoms with Gasteiger partial charge in [-0.3, -0.25) is 0 Å². The summed E-state index contributed by atoms with van der Waals surface area (Å²) in [5.41, 5.74) is 4.22. The molecule has 2 aliphatic rings. The fourth-order valence-electron chi connectivity index (χ4n) is 5.07. The number of carboxylic acid groups (broad SMARTS) is 2. The van der Waals surface area contributed by atoms with Crippen molar-refractivity contribution in [1.29, 1.82) is 0 Å². The van der Waals surface area contributed by atoms with Gasteiger partial charge in [-0.2, -0.15) is 0 Å². The molecule has 3 aromatic carbocycles. The predicted octanol–water partition coefficient (Wildman–Crippen LogP) is 3.44. The van der Waals surface area contributed by atoms with Gasteiger partial charge in [0.25, 0.3) is 0 Å². The molecule has 2 aliphatic carbocycles. The molecule has 31 heavy (non-hydrogen) atoms. The van der Waals surface area contributed by atoms with Gasteiger partial charge in [-0.05, 0) is 81.8 Å². The zero-order valence-corrected chi connectivity index (χ0v) is 17.0. The van der Waals surface area contributed by atoms with Gasteiger partial charge in [-0.1, -0.05) is 54.1 Å². The molecule has 4 heteroatoms. The lowest BCUT2D eigenvalue weighted by atomic mass is 9.83. The SMILES string of the molecule is O=C(O)c1cccc(C(=O)O)c1CC1=c2ccccc2=c2ccc3c(c2C1)CCCC=3. The molecule has 154 valence electrons. The minimum Gasteiger partial charge on any atom is -0.478 e. The van der Waals surface area contributed by atoms with Crippen LogP contribution < -0.4 is 10.4 Å². The third-order valence-corrected chi connectivity index (χ3v) is 6.48. The van der Waals surface area contributed by atoms with E-state index in [-0.39, 0.29) is 11.1 Å². The maximum Gasteiger partial charge on any atom is 0.335 e. The number of hydrogen-bond donors (Lipinski definition) is 2. The van der Waals surface area contributed by atoms with Crippen LogP contribution in [-0.2, 0) is 19.3 Å². The van der Waals surface area contributed by atoms with Crippen molar-refractivity contribution in [2.45, 2.75) is 32.1 Å². The zero-order chi connectivity index (χ0) is 21.5. The number of aromatic carboxylic acids is 2. The number of hydrogen-bond acceptors (Lipinski definition) is 2. The molecule has 0 heterocycles. The van der Waals surface area contributed by atoms with Gasteiger partial charge in [0.2, 0.25) is 0 Å². The lowest BCUT2D eigenvalue weighted by molar-refractivity contribution is 0.0696. The Morgan fingerprint density at radius 1 is 0.774 bits per heavy atom. The van der Waals surface area contributed by atoms with Gasteiger partial charge in [0, 0.05) is 0 Å². The van der Waals surface area contributed by atoms with E-state index in [1.807, 2.05) is 12.1 Å². The van der Waals surface area contributed by atoms with E-state index < -0.39 is 11.9 Å². The van der Waals surface area contributed by atoms with Gasteiger partial charge < -0.3 is 10.2 Å². The molecule has 3 aromatic rings. The summed E-state index contributed by atoms with van der Waals surface area (Å²) < 4.78 is 0. The number of rotatable bonds is 4. The molecule has 0 saturated heterocycles. The van der Waals surface area contributed by atoms with Crippen LogP contribution in [0, 0.1) is 10.4 Å². The minimum absolute atomic E-state index is 0.0547. The number of fused-ring (bicyclic) bond motifs is 4. The fraction of sp³-hybridized carbons (Fsp3) is 0.185. The van der Waals surface area contributed by atoms with E-state index in [4.69, 9.17) is 0 Å². The molecule has 0 amide bonds. The summed E-state index contributed by atoms with van der Waals surface area (Å²) in [6, 6.07) is 17.0. The summed E-state index contributed by atoms with van der Waals surface area (Å²) in [5.74, 6) is -2.20. The monoisotopic (exact) mass is 410 g/mol. The highest BCUT2D eigenvalue weighted by molar-refractivity contribution is 5.97. The lowest BCUT2D eigenvalue weighted by Crippen LogP contribution is -2.23. The van der Waals surface area contributed by atoms with E-state index in [0.717, 1.165) is 35.3 Å². The fourth-order valence-corrected chi connectivity index (χ4v) is 5.07. The van der Waals surface area contributed by atoms with Crippen LogP contribution in [0.5, 0.6) is 0 Å². The zero-order valence-electron chi connectivity index (χ0n) is 17.0. The maximum absolute atomic E-state index is 11.9.